The molecule has 1 saturated heterocycles. The molecule has 1 aliphatic rings. The highest BCUT2D eigenvalue weighted by molar-refractivity contribution is 9.10. The molecule has 2 heterocycles. The Morgan fingerprint density at radius 2 is 1.92 bits per heavy atom. The summed E-state index contributed by atoms with van der Waals surface area (Å²) >= 11 is 9.32. The van der Waals surface area contributed by atoms with Crippen LogP contribution in [0.5, 0.6) is 0 Å². The van der Waals surface area contributed by atoms with Crippen molar-refractivity contribution in [3.05, 3.63) is 40.2 Å². The summed E-state index contributed by atoms with van der Waals surface area (Å²) in [5, 5.41) is 3.76. The van der Waals surface area contributed by atoms with Crippen molar-refractivity contribution < 1.29 is 14.3 Å². The summed E-state index contributed by atoms with van der Waals surface area (Å²) in [5.41, 5.74) is 1.54. The lowest BCUT2D eigenvalue weighted by atomic mass is 10.2. The zero-order valence-corrected chi connectivity index (χ0v) is 15.6. The van der Waals surface area contributed by atoms with Crippen LogP contribution in [0.3, 0.4) is 0 Å². The van der Waals surface area contributed by atoms with E-state index in [2.05, 4.69) is 26.2 Å². The van der Waals surface area contributed by atoms with E-state index < -0.39 is 12.1 Å². The molecule has 1 N–H and O–H groups in total. The molecule has 2 aromatic rings. The van der Waals surface area contributed by atoms with Crippen LogP contribution in [-0.2, 0) is 16.1 Å². The maximum absolute atomic E-state index is 12.0. The zero-order chi connectivity index (χ0) is 17.8. The Hall–Kier alpha value is -1.90. The third-order valence-corrected chi connectivity index (χ3v) is 4.85. The largest absolute Gasteiger partial charge is 0.417 e. The number of amides is 1. The average molecular weight is 428 g/mol. The van der Waals surface area contributed by atoms with Gasteiger partial charge < -0.3 is 19.5 Å². The van der Waals surface area contributed by atoms with Crippen molar-refractivity contribution >= 4 is 39.6 Å². The smallest absolute Gasteiger partial charge is 0.375 e. The van der Waals surface area contributed by atoms with Crippen molar-refractivity contribution in [3.63, 3.8) is 0 Å². The summed E-state index contributed by atoms with van der Waals surface area (Å²) in [4.78, 5) is 29.8. The number of hydrogen-bond acceptors (Lipinski definition) is 5. The lowest BCUT2D eigenvalue weighted by molar-refractivity contribution is -0.139. The second-order valence-corrected chi connectivity index (χ2v) is 6.68. The maximum atomic E-state index is 12.0. The molecular weight excluding hydrogens is 412 g/mol. The monoisotopic (exact) mass is 426 g/mol. The minimum absolute atomic E-state index is 0.112. The molecule has 132 valence electrons. The number of nitrogens with zero attached hydrogens (tertiary/aromatic N) is 3. The van der Waals surface area contributed by atoms with Crippen LogP contribution >= 0.6 is 27.5 Å². The maximum Gasteiger partial charge on any atom is 0.417 e. The normalized spacial score (nSPS) is 14.4. The molecule has 25 heavy (non-hydrogen) atoms. The summed E-state index contributed by atoms with van der Waals surface area (Å²) < 4.78 is 7.12. The number of aromatic nitrogens is 2. The van der Waals surface area contributed by atoms with Crippen molar-refractivity contribution in [2.45, 2.75) is 6.54 Å². The first-order valence-electron chi connectivity index (χ1n) is 7.71. The second-order valence-electron chi connectivity index (χ2n) is 5.50. The molecule has 1 aromatic carbocycles. The number of benzene rings is 1. The van der Waals surface area contributed by atoms with Gasteiger partial charge in [0.15, 0.2) is 0 Å². The number of carbonyl (C=O) groups excluding carboxylic acids is 2. The molecule has 0 spiro atoms. The summed E-state index contributed by atoms with van der Waals surface area (Å²) in [7, 11) is 0. The van der Waals surface area contributed by atoms with Gasteiger partial charge >= 0.3 is 12.1 Å². The number of carbonyl (C=O) groups is 2. The number of ether oxygens (including phenoxy) is 1. The predicted octanol–water partition coefficient (Wildman–Crippen LogP) is 2.53. The van der Waals surface area contributed by atoms with E-state index in [4.69, 9.17) is 16.3 Å². The molecule has 9 heteroatoms. The first kappa shape index (κ1) is 17.9. The van der Waals surface area contributed by atoms with E-state index in [1.54, 1.807) is 16.7 Å². The highest BCUT2D eigenvalue weighted by Crippen LogP contribution is 2.27. The van der Waals surface area contributed by atoms with Gasteiger partial charge in [0.05, 0.1) is 6.33 Å². The Morgan fingerprint density at radius 3 is 2.60 bits per heavy atom. The van der Waals surface area contributed by atoms with Crippen LogP contribution < -0.4 is 5.32 Å². The second kappa shape index (κ2) is 7.99. The first-order valence-corrected chi connectivity index (χ1v) is 8.88. The molecule has 1 aliphatic heterocycles. The molecule has 1 fully saturated rings. The van der Waals surface area contributed by atoms with Gasteiger partial charge in [0.1, 0.15) is 16.8 Å². The molecular formula is C16H16BrClN4O3. The minimum atomic E-state index is -0.635. The number of halogens is 2. The standard InChI is InChI=1S/C16H16BrClN4O3/c17-15-14(11-1-3-12(18)4-2-11)20-10-22(15)9-13(23)25-16(24)21-7-5-19-6-8-21/h1-4,10,19H,5-9H2. The van der Waals surface area contributed by atoms with Crippen molar-refractivity contribution in [2.75, 3.05) is 26.2 Å². The molecule has 0 radical (unpaired) electrons. The zero-order valence-electron chi connectivity index (χ0n) is 13.2. The summed E-state index contributed by atoms with van der Waals surface area (Å²) in [6, 6.07) is 7.21. The first-order chi connectivity index (χ1) is 12.0. The fourth-order valence-electron chi connectivity index (χ4n) is 2.46. The number of imidazole rings is 1. The molecule has 0 aliphatic carbocycles. The van der Waals surface area contributed by atoms with Gasteiger partial charge in [-0.05, 0) is 28.1 Å². The van der Waals surface area contributed by atoms with E-state index in [0.29, 0.717) is 41.5 Å². The highest BCUT2D eigenvalue weighted by Gasteiger charge is 2.21. The summed E-state index contributed by atoms with van der Waals surface area (Å²) in [6.07, 6.45) is 0.908. The third kappa shape index (κ3) is 4.39. The van der Waals surface area contributed by atoms with Gasteiger partial charge in [-0.25, -0.2) is 14.6 Å². The third-order valence-electron chi connectivity index (χ3n) is 3.77. The molecule has 3 rings (SSSR count). The number of piperazine rings is 1. The Labute approximate surface area is 158 Å². The van der Waals surface area contributed by atoms with E-state index >= 15 is 0 Å². The van der Waals surface area contributed by atoms with Gasteiger partial charge in [0.25, 0.3) is 0 Å². The molecule has 0 atom stereocenters. The average Bonchev–Trinajstić information content (AvgIpc) is 2.97. The van der Waals surface area contributed by atoms with E-state index in [9.17, 15) is 9.59 Å². The van der Waals surface area contributed by atoms with Crippen LogP contribution in [0.25, 0.3) is 11.3 Å². The van der Waals surface area contributed by atoms with Crippen molar-refractivity contribution in [1.29, 1.82) is 0 Å². The topological polar surface area (TPSA) is 76.5 Å². The Balaban J connectivity index is 1.63. The molecule has 1 aromatic heterocycles. The van der Waals surface area contributed by atoms with Gasteiger partial charge in [-0.1, -0.05) is 23.7 Å². The van der Waals surface area contributed by atoms with Crippen LogP contribution in [-0.4, -0.2) is 52.7 Å². The Kier molecular flexibility index (Phi) is 5.72. The highest BCUT2D eigenvalue weighted by atomic mass is 79.9. The van der Waals surface area contributed by atoms with Gasteiger partial charge in [-0.2, -0.15) is 0 Å². The van der Waals surface area contributed by atoms with Gasteiger partial charge in [-0.15, -0.1) is 0 Å². The van der Waals surface area contributed by atoms with E-state index in [1.165, 1.54) is 11.2 Å². The summed E-state index contributed by atoms with van der Waals surface area (Å²) in [6.45, 7) is 2.34. The molecule has 7 nitrogen and oxygen atoms in total. The number of nitrogens with one attached hydrogen (secondary N) is 1. The van der Waals surface area contributed by atoms with Crippen molar-refractivity contribution in [1.82, 2.24) is 19.8 Å². The van der Waals surface area contributed by atoms with Crippen LogP contribution in [0.15, 0.2) is 35.2 Å². The van der Waals surface area contributed by atoms with Crippen LogP contribution in [0, 0.1) is 0 Å². The Bertz CT molecular complexity index is 772. The number of hydrogen-bond donors (Lipinski definition) is 1. The molecule has 0 saturated carbocycles. The van der Waals surface area contributed by atoms with Crippen LogP contribution in [0.2, 0.25) is 5.02 Å². The van der Waals surface area contributed by atoms with Crippen LogP contribution in [0.1, 0.15) is 0 Å². The lowest BCUT2D eigenvalue weighted by Gasteiger charge is -2.25. The quantitative estimate of drug-likeness (QED) is 0.602. The minimum Gasteiger partial charge on any atom is -0.375 e. The van der Waals surface area contributed by atoms with E-state index in [0.717, 1.165) is 5.56 Å². The fourth-order valence-corrected chi connectivity index (χ4v) is 3.13. The predicted molar refractivity (Wildman–Crippen MR) is 96.3 cm³/mol. The SMILES string of the molecule is O=C(Cn1cnc(-c2ccc(Cl)cc2)c1Br)OC(=O)N1CCNCC1. The molecule has 0 unspecified atom stereocenters. The number of rotatable bonds is 3. The number of esters is 1. The van der Waals surface area contributed by atoms with Crippen molar-refractivity contribution in [2.24, 2.45) is 0 Å². The fraction of sp³-hybridized carbons (Fsp3) is 0.312. The van der Waals surface area contributed by atoms with Gasteiger partial charge in [-0.3, -0.25) is 0 Å². The molecule has 0 bridgehead atoms. The van der Waals surface area contributed by atoms with E-state index in [-0.39, 0.29) is 6.54 Å². The van der Waals surface area contributed by atoms with Crippen molar-refractivity contribution in [3.8, 4) is 11.3 Å². The van der Waals surface area contributed by atoms with Gasteiger partial charge in [0.2, 0.25) is 0 Å². The van der Waals surface area contributed by atoms with Crippen LogP contribution in [0.4, 0.5) is 4.79 Å². The Morgan fingerprint density at radius 1 is 1.24 bits per heavy atom. The molecule has 1 amide bonds. The van der Waals surface area contributed by atoms with Gasteiger partial charge in [0, 0.05) is 36.8 Å². The lowest BCUT2D eigenvalue weighted by Crippen LogP contribution is -2.47. The summed E-state index contributed by atoms with van der Waals surface area (Å²) in [5.74, 6) is -0.635. The van der Waals surface area contributed by atoms with E-state index in [1.807, 2.05) is 12.1 Å².